The van der Waals surface area contributed by atoms with E-state index in [4.69, 9.17) is 4.74 Å². The van der Waals surface area contributed by atoms with Gasteiger partial charge in [0, 0.05) is 26.2 Å². The van der Waals surface area contributed by atoms with Crippen LogP contribution in [0.4, 0.5) is 9.18 Å². The third-order valence-corrected chi connectivity index (χ3v) is 3.78. The lowest BCUT2D eigenvalue weighted by Crippen LogP contribution is -2.49. The molecule has 0 N–H and O–H groups in total. The van der Waals surface area contributed by atoms with E-state index < -0.39 is 0 Å². The summed E-state index contributed by atoms with van der Waals surface area (Å²) in [5.41, 5.74) is 0.780. The van der Waals surface area contributed by atoms with E-state index in [1.807, 2.05) is 19.1 Å². The molecule has 0 aromatic heterocycles. The van der Waals surface area contributed by atoms with E-state index >= 15 is 0 Å². The molecule has 1 saturated heterocycles. The molecule has 1 fully saturated rings. The second kappa shape index (κ2) is 7.98. The Morgan fingerprint density at radius 1 is 1.24 bits per heavy atom. The van der Waals surface area contributed by atoms with Crippen LogP contribution in [0.3, 0.4) is 0 Å². The van der Waals surface area contributed by atoms with Crippen molar-refractivity contribution in [3.05, 3.63) is 35.6 Å². The normalized spacial score (nSPS) is 16.0. The number of halogens is 1. The van der Waals surface area contributed by atoms with Gasteiger partial charge in [-0.2, -0.15) is 0 Å². The fraction of sp³-hybridized carbons (Fsp3) is 0.562. The van der Waals surface area contributed by atoms with Gasteiger partial charge in [0.25, 0.3) is 0 Å². The summed E-state index contributed by atoms with van der Waals surface area (Å²) < 4.78 is 18.5. The summed E-state index contributed by atoms with van der Waals surface area (Å²) in [5, 5.41) is 0. The Hall–Kier alpha value is -1.62. The zero-order valence-corrected chi connectivity index (χ0v) is 12.6. The molecule has 4 nitrogen and oxygen atoms in total. The number of carbonyl (C=O) groups is 1. The molecule has 0 bridgehead atoms. The van der Waals surface area contributed by atoms with Gasteiger partial charge in [-0.15, -0.1) is 0 Å². The predicted octanol–water partition coefficient (Wildman–Crippen LogP) is 2.53. The first-order valence-corrected chi connectivity index (χ1v) is 7.58. The molecule has 1 aliphatic heterocycles. The Bertz CT molecular complexity index is 459. The molecule has 116 valence electrons. The maximum absolute atomic E-state index is 13.5. The van der Waals surface area contributed by atoms with Crippen LogP contribution in [0.25, 0.3) is 0 Å². The SMILES string of the molecule is CCOC(=O)N1CCN(CCCc2ccccc2F)CC1. The third-order valence-electron chi connectivity index (χ3n) is 3.78. The summed E-state index contributed by atoms with van der Waals surface area (Å²) in [4.78, 5) is 15.6. The van der Waals surface area contributed by atoms with Gasteiger partial charge in [-0.05, 0) is 37.9 Å². The largest absolute Gasteiger partial charge is 0.450 e. The van der Waals surface area contributed by atoms with Gasteiger partial charge in [-0.3, -0.25) is 4.90 Å². The number of ether oxygens (including phenoxy) is 1. The molecule has 5 heteroatoms. The van der Waals surface area contributed by atoms with Crippen molar-refractivity contribution in [2.24, 2.45) is 0 Å². The zero-order valence-electron chi connectivity index (χ0n) is 12.6. The van der Waals surface area contributed by atoms with Crippen LogP contribution < -0.4 is 0 Å². The molecular weight excluding hydrogens is 271 g/mol. The minimum Gasteiger partial charge on any atom is -0.450 e. The fourth-order valence-electron chi connectivity index (χ4n) is 2.56. The first kappa shape index (κ1) is 15.8. The number of piperazine rings is 1. The Kier molecular flexibility index (Phi) is 5.99. The van der Waals surface area contributed by atoms with Gasteiger partial charge in [0.1, 0.15) is 5.82 Å². The summed E-state index contributed by atoms with van der Waals surface area (Å²) in [6.07, 6.45) is 1.47. The molecule has 0 aliphatic carbocycles. The molecule has 2 rings (SSSR count). The first-order chi connectivity index (χ1) is 10.2. The number of carbonyl (C=O) groups excluding carboxylic acids is 1. The van der Waals surface area contributed by atoms with Gasteiger partial charge >= 0.3 is 6.09 Å². The lowest BCUT2D eigenvalue weighted by atomic mass is 10.1. The standard InChI is InChI=1S/C16H23FN2O2/c1-2-21-16(20)19-12-10-18(11-13-19)9-5-7-14-6-3-4-8-15(14)17/h3-4,6,8H,2,5,7,9-13H2,1H3. The van der Waals surface area contributed by atoms with E-state index in [9.17, 15) is 9.18 Å². The predicted molar refractivity (Wildman–Crippen MR) is 79.8 cm³/mol. The second-order valence-corrected chi connectivity index (χ2v) is 5.22. The monoisotopic (exact) mass is 294 g/mol. The van der Waals surface area contributed by atoms with Crippen LogP contribution in [0.5, 0.6) is 0 Å². The highest BCUT2D eigenvalue weighted by Crippen LogP contribution is 2.10. The highest BCUT2D eigenvalue weighted by atomic mass is 19.1. The average molecular weight is 294 g/mol. The van der Waals surface area contributed by atoms with Crippen LogP contribution in [0.15, 0.2) is 24.3 Å². The van der Waals surface area contributed by atoms with Gasteiger partial charge in [0.2, 0.25) is 0 Å². The summed E-state index contributed by atoms with van der Waals surface area (Å²) in [6, 6.07) is 6.94. The summed E-state index contributed by atoms with van der Waals surface area (Å²) >= 11 is 0. The topological polar surface area (TPSA) is 32.8 Å². The Morgan fingerprint density at radius 2 is 1.95 bits per heavy atom. The van der Waals surface area contributed by atoms with Gasteiger partial charge in [0.15, 0.2) is 0 Å². The van der Waals surface area contributed by atoms with E-state index in [0.29, 0.717) is 19.7 Å². The lowest BCUT2D eigenvalue weighted by Gasteiger charge is -2.34. The lowest BCUT2D eigenvalue weighted by molar-refractivity contribution is 0.0794. The van der Waals surface area contributed by atoms with Crippen LogP contribution in [0.2, 0.25) is 0 Å². The molecule has 1 aliphatic rings. The number of hydrogen-bond acceptors (Lipinski definition) is 3. The zero-order chi connectivity index (χ0) is 15.1. The number of rotatable bonds is 5. The summed E-state index contributed by atoms with van der Waals surface area (Å²) in [6.45, 7) is 6.30. The van der Waals surface area contributed by atoms with Crippen molar-refractivity contribution >= 4 is 6.09 Å². The number of amides is 1. The van der Waals surface area contributed by atoms with Gasteiger partial charge in [-0.25, -0.2) is 9.18 Å². The van der Waals surface area contributed by atoms with E-state index in [1.165, 1.54) is 6.07 Å². The minimum absolute atomic E-state index is 0.121. The number of hydrogen-bond donors (Lipinski definition) is 0. The summed E-state index contributed by atoms with van der Waals surface area (Å²) in [7, 11) is 0. The highest BCUT2D eigenvalue weighted by Gasteiger charge is 2.21. The van der Waals surface area contributed by atoms with Crippen molar-refractivity contribution in [2.45, 2.75) is 19.8 Å². The maximum Gasteiger partial charge on any atom is 0.409 e. The van der Waals surface area contributed by atoms with Crippen molar-refractivity contribution < 1.29 is 13.9 Å². The first-order valence-electron chi connectivity index (χ1n) is 7.58. The fourth-order valence-corrected chi connectivity index (χ4v) is 2.56. The Morgan fingerprint density at radius 3 is 2.62 bits per heavy atom. The van der Waals surface area contributed by atoms with Crippen LogP contribution in [0, 0.1) is 5.82 Å². The third kappa shape index (κ3) is 4.70. The van der Waals surface area contributed by atoms with Gasteiger partial charge in [0.05, 0.1) is 6.61 Å². The molecule has 1 heterocycles. The molecule has 1 amide bonds. The molecule has 0 unspecified atom stereocenters. The number of benzene rings is 1. The average Bonchev–Trinajstić information content (AvgIpc) is 2.50. The van der Waals surface area contributed by atoms with E-state index in [-0.39, 0.29) is 11.9 Å². The van der Waals surface area contributed by atoms with Gasteiger partial charge < -0.3 is 9.64 Å². The summed E-state index contributed by atoms with van der Waals surface area (Å²) in [5.74, 6) is -0.121. The van der Waals surface area contributed by atoms with Crippen molar-refractivity contribution in [2.75, 3.05) is 39.3 Å². The van der Waals surface area contributed by atoms with Crippen LogP contribution >= 0.6 is 0 Å². The van der Waals surface area contributed by atoms with E-state index in [2.05, 4.69) is 4.90 Å². The smallest absolute Gasteiger partial charge is 0.409 e. The molecule has 0 radical (unpaired) electrons. The van der Waals surface area contributed by atoms with Crippen LogP contribution in [0.1, 0.15) is 18.9 Å². The maximum atomic E-state index is 13.5. The molecule has 1 aromatic carbocycles. The van der Waals surface area contributed by atoms with Crippen LogP contribution in [-0.4, -0.2) is 55.2 Å². The molecular formula is C16H23FN2O2. The molecule has 0 saturated carbocycles. The Balaban J connectivity index is 1.67. The van der Waals surface area contributed by atoms with Crippen molar-refractivity contribution in [3.8, 4) is 0 Å². The molecule has 0 spiro atoms. The second-order valence-electron chi connectivity index (χ2n) is 5.22. The number of aryl methyl sites for hydroxylation is 1. The molecule has 21 heavy (non-hydrogen) atoms. The van der Waals surface area contributed by atoms with Gasteiger partial charge in [-0.1, -0.05) is 18.2 Å². The Labute approximate surface area is 125 Å². The van der Waals surface area contributed by atoms with Crippen molar-refractivity contribution in [3.63, 3.8) is 0 Å². The van der Waals surface area contributed by atoms with Crippen molar-refractivity contribution in [1.82, 2.24) is 9.80 Å². The molecule has 0 atom stereocenters. The molecule has 1 aromatic rings. The van der Waals surface area contributed by atoms with E-state index in [1.54, 1.807) is 11.0 Å². The minimum atomic E-state index is -0.219. The quantitative estimate of drug-likeness (QED) is 0.836. The highest BCUT2D eigenvalue weighted by molar-refractivity contribution is 5.67. The van der Waals surface area contributed by atoms with E-state index in [0.717, 1.165) is 38.0 Å². The number of nitrogens with zero attached hydrogens (tertiary/aromatic N) is 2. The van der Waals surface area contributed by atoms with Crippen molar-refractivity contribution in [1.29, 1.82) is 0 Å². The van der Waals surface area contributed by atoms with Crippen LogP contribution in [-0.2, 0) is 11.2 Å².